The molecule has 2 N–H and O–H groups in total. The molecule has 0 aliphatic carbocycles. The first-order valence-electron chi connectivity index (χ1n) is 5.41. The summed E-state index contributed by atoms with van der Waals surface area (Å²) < 4.78 is 1.57. The summed E-state index contributed by atoms with van der Waals surface area (Å²) in [7, 11) is 0. The van der Waals surface area contributed by atoms with Crippen molar-refractivity contribution in [3.05, 3.63) is 12.7 Å². The predicted molar refractivity (Wildman–Crippen MR) is 59.1 cm³/mol. The summed E-state index contributed by atoms with van der Waals surface area (Å²) in [5.74, 6) is -1.40. The molecule has 1 rings (SSSR count). The molecule has 0 aliphatic heterocycles. The second-order valence-corrected chi connectivity index (χ2v) is 3.79. The zero-order valence-electron chi connectivity index (χ0n) is 9.67. The van der Waals surface area contributed by atoms with Crippen molar-refractivity contribution in [2.75, 3.05) is 6.54 Å². The molecule has 1 atom stereocenters. The number of rotatable bonds is 7. The van der Waals surface area contributed by atoms with Gasteiger partial charge >= 0.3 is 5.97 Å². The molecule has 1 heterocycles. The monoisotopic (exact) mass is 240 g/mol. The maximum atomic E-state index is 11.4. The fraction of sp³-hybridized carbons (Fsp3) is 0.600. The first-order chi connectivity index (χ1) is 8.09. The number of aromatic nitrogens is 3. The Hall–Kier alpha value is -1.92. The number of carboxylic acid groups (broad SMARTS) is 1. The van der Waals surface area contributed by atoms with Gasteiger partial charge in [0.05, 0.1) is 12.5 Å². The van der Waals surface area contributed by atoms with E-state index >= 15 is 0 Å². The number of carboxylic acids is 1. The Kier molecular flexibility index (Phi) is 5.12. The molecule has 94 valence electrons. The van der Waals surface area contributed by atoms with Gasteiger partial charge in [0, 0.05) is 13.0 Å². The Bertz CT molecular complexity index is 364. The quantitative estimate of drug-likeness (QED) is 0.693. The molecule has 0 aliphatic rings. The van der Waals surface area contributed by atoms with Crippen LogP contribution in [0.15, 0.2) is 12.7 Å². The van der Waals surface area contributed by atoms with Gasteiger partial charge in [-0.15, -0.1) is 0 Å². The molecule has 0 fully saturated rings. The van der Waals surface area contributed by atoms with Gasteiger partial charge < -0.3 is 10.4 Å². The molecular formula is C10H16N4O3. The van der Waals surface area contributed by atoms with Gasteiger partial charge in [-0.1, -0.05) is 6.92 Å². The summed E-state index contributed by atoms with van der Waals surface area (Å²) in [5.41, 5.74) is 0. The Morgan fingerprint density at radius 3 is 2.88 bits per heavy atom. The number of hydrogen-bond donors (Lipinski definition) is 2. The topological polar surface area (TPSA) is 97.1 Å². The van der Waals surface area contributed by atoms with E-state index in [1.54, 1.807) is 17.9 Å². The largest absolute Gasteiger partial charge is 0.481 e. The van der Waals surface area contributed by atoms with E-state index in [0.717, 1.165) is 0 Å². The van der Waals surface area contributed by atoms with Crippen LogP contribution < -0.4 is 5.32 Å². The fourth-order valence-electron chi connectivity index (χ4n) is 1.20. The third-order valence-electron chi connectivity index (χ3n) is 2.36. The summed E-state index contributed by atoms with van der Waals surface area (Å²) in [6.07, 6.45) is 3.70. The molecule has 0 aromatic carbocycles. The van der Waals surface area contributed by atoms with Crippen molar-refractivity contribution in [3.8, 4) is 0 Å². The van der Waals surface area contributed by atoms with Gasteiger partial charge in [0.1, 0.15) is 12.7 Å². The van der Waals surface area contributed by atoms with Gasteiger partial charge in [-0.2, -0.15) is 5.10 Å². The molecule has 1 aromatic heterocycles. The van der Waals surface area contributed by atoms with Crippen molar-refractivity contribution < 1.29 is 14.7 Å². The molecule has 0 spiro atoms. The first kappa shape index (κ1) is 13.1. The third kappa shape index (κ3) is 5.10. The first-order valence-corrected chi connectivity index (χ1v) is 5.41. The van der Waals surface area contributed by atoms with Crippen LogP contribution in [0, 0.1) is 5.92 Å². The average molecular weight is 240 g/mol. The van der Waals surface area contributed by atoms with Gasteiger partial charge in [0.25, 0.3) is 0 Å². The van der Waals surface area contributed by atoms with Crippen molar-refractivity contribution >= 4 is 11.9 Å². The van der Waals surface area contributed by atoms with Crippen LogP contribution >= 0.6 is 0 Å². The van der Waals surface area contributed by atoms with Crippen molar-refractivity contribution in [2.24, 2.45) is 5.92 Å². The molecule has 0 saturated carbocycles. The molecular weight excluding hydrogens is 224 g/mol. The highest BCUT2D eigenvalue weighted by Crippen LogP contribution is 1.99. The average Bonchev–Trinajstić information content (AvgIpc) is 2.78. The van der Waals surface area contributed by atoms with E-state index < -0.39 is 11.9 Å². The molecule has 1 amide bonds. The van der Waals surface area contributed by atoms with Crippen molar-refractivity contribution in [3.63, 3.8) is 0 Å². The summed E-state index contributed by atoms with van der Waals surface area (Å²) in [4.78, 5) is 25.7. The second-order valence-electron chi connectivity index (χ2n) is 3.79. The van der Waals surface area contributed by atoms with Crippen molar-refractivity contribution in [1.82, 2.24) is 20.1 Å². The van der Waals surface area contributed by atoms with Crippen molar-refractivity contribution in [1.29, 1.82) is 0 Å². The van der Waals surface area contributed by atoms with Crippen LogP contribution in [-0.2, 0) is 16.1 Å². The second kappa shape index (κ2) is 6.62. The molecule has 0 bridgehead atoms. The summed E-state index contributed by atoms with van der Waals surface area (Å²) >= 11 is 0. The number of carbonyl (C=O) groups is 2. The standard InChI is InChI=1S/C10H16N4O3/c1-8(10(16)17)2-4-12-9(15)3-5-14-7-11-6-13-14/h6-8H,2-5H2,1H3,(H,12,15)(H,16,17). The smallest absolute Gasteiger partial charge is 0.306 e. The lowest BCUT2D eigenvalue weighted by Gasteiger charge is -2.07. The number of amides is 1. The zero-order chi connectivity index (χ0) is 12.7. The molecule has 1 aromatic rings. The van der Waals surface area contributed by atoms with Crippen LogP contribution in [0.5, 0.6) is 0 Å². The van der Waals surface area contributed by atoms with Crippen LogP contribution in [0.3, 0.4) is 0 Å². The summed E-state index contributed by atoms with van der Waals surface area (Å²) in [5, 5.41) is 15.2. The Morgan fingerprint density at radius 1 is 1.53 bits per heavy atom. The van der Waals surface area contributed by atoms with Crippen LogP contribution in [0.4, 0.5) is 0 Å². The Morgan fingerprint density at radius 2 is 2.29 bits per heavy atom. The zero-order valence-corrected chi connectivity index (χ0v) is 9.67. The predicted octanol–water partition coefficient (Wildman–Crippen LogP) is -0.105. The van der Waals surface area contributed by atoms with Gasteiger partial charge in [-0.05, 0) is 6.42 Å². The molecule has 1 unspecified atom stereocenters. The number of hydrogen-bond acceptors (Lipinski definition) is 4. The van der Waals surface area contributed by atoms with Crippen LogP contribution in [0.2, 0.25) is 0 Å². The number of nitrogens with zero attached hydrogens (tertiary/aromatic N) is 3. The Balaban J connectivity index is 2.11. The molecule has 0 radical (unpaired) electrons. The lowest BCUT2D eigenvalue weighted by Crippen LogP contribution is -2.27. The SMILES string of the molecule is CC(CCNC(=O)CCn1cncn1)C(=O)O. The molecule has 7 nitrogen and oxygen atoms in total. The van der Waals surface area contributed by atoms with E-state index in [1.165, 1.54) is 6.33 Å². The summed E-state index contributed by atoms with van der Waals surface area (Å²) in [6, 6.07) is 0. The van der Waals surface area contributed by atoms with E-state index in [-0.39, 0.29) is 5.91 Å². The van der Waals surface area contributed by atoms with E-state index in [4.69, 9.17) is 5.11 Å². The van der Waals surface area contributed by atoms with E-state index in [1.807, 2.05) is 0 Å². The maximum Gasteiger partial charge on any atom is 0.306 e. The Labute approximate surface area is 98.8 Å². The normalized spacial score (nSPS) is 12.1. The minimum absolute atomic E-state index is 0.113. The lowest BCUT2D eigenvalue weighted by molar-refractivity contribution is -0.141. The third-order valence-corrected chi connectivity index (χ3v) is 2.36. The van der Waals surface area contributed by atoms with E-state index in [0.29, 0.717) is 25.9 Å². The highest BCUT2D eigenvalue weighted by atomic mass is 16.4. The fourth-order valence-corrected chi connectivity index (χ4v) is 1.20. The van der Waals surface area contributed by atoms with Crippen LogP contribution in [0.1, 0.15) is 19.8 Å². The minimum atomic E-state index is -0.845. The molecule has 0 saturated heterocycles. The van der Waals surface area contributed by atoms with Crippen LogP contribution in [0.25, 0.3) is 0 Å². The van der Waals surface area contributed by atoms with Gasteiger partial charge in [-0.25, -0.2) is 4.98 Å². The highest BCUT2D eigenvalue weighted by molar-refractivity contribution is 5.75. The molecule has 17 heavy (non-hydrogen) atoms. The lowest BCUT2D eigenvalue weighted by atomic mass is 10.1. The van der Waals surface area contributed by atoms with E-state index in [9.17, 15) is 9.59 Å². The van der Waals surface area contributed by atoms with Crippen molar-refractivity contribution in [2.45, 2.75) is 26.3 Å². The number of aryl methyl sites for hydroxylation is 1. The van der Waals surface area contributed by atoms with Gasteiger partial charge in [0.2, 0.25) is 5.91 Å². The number of nitrogens with one attached hydrogen (secondary N) is 1. The maximum absolute atomic E-state index is 11.4. The summed E-state index contributed by atoms with van der Waals surface area (Å²) in [6.45, 7) is 2.47. The number of carbonyl (C=O) groups excluding carboxylic acids is 1. The highest BCUT2D eigenvalue weighted by Gasteiger charge is 2.10. The van der Waals surface area contributed by atoms with Gasteiger partial charge in [0.15, 0.2) is 0 Å². The minimum Gasteiger partial charge on any atom is -0.481 e. The van der Waals surface area contributed by atoms with Crippen LogP contribution in [-0.4, -0.2) is 38.3 Å². The number of aliphatic carboxylic acids is 1. The van der Waals surface area contributed by atoms with E-state index in [2.05, 4.69) is 15.4 Å². The van der Waals surface area contributed by atoms with Gasteiger partial charge in [-0.3, -0.25) is 14.3 Å². The molecule has 7 heteroatoms.